The van der Waals surface area contributed by atoms with Gasteiger partial charge in [-0.3, -0.25) is 4.79 Å². The maximum atomic E-state index is 12.3. The Morgan fingerprint density at radius 3 is 2.48 bits per heavy atom. The van der Waals surface area contributed by atoms with Crippen LogP contribution in [0.5, 0.6) is 0 Å². The number of carbonyl (C=O) groups excluding carboxylic acids is 2. The molecule has 0 saturated heterocycles. The van der Waals surface area contributed by atoms with Gasteiger partial charge < -0.3 is 10.1 Å². The Hall–Kier alpha value is -2.75. The van der Waals surface area contributed by atoms with Crippen LogP contribution in [0.1, 0.15) is 17.3 Å². The third-order valence-electron chi connectivity index (χ3n) is 3.76. The second-order valence-electron chi connectivity index (χ2n) is 5.80. The topological polar surface area (TPSA) is 116 Å². The van der Waals surface area contributed by atoms with E-state index in [4.69, 9.17) is 9.88 Å². The van der Waals surface area contributed by atoms with Crippen molar-refractivity contribution in [1.29, 1.82) is 0 Å². The summed E-state index contributed by atoms with van der Waals surface area (Å²) in [6.07, 6.45) is -1.07. The summed E-state index contributed by atoms with van der Waals surface area (Å²) >= 11 is 0.810. The average Bonchev–Trinajstić information content (AvgIpc) is 3.12. The number of amides is 1. The number of hydrogen-bond acceptors (Lipinski definition) is 6. The highest BCUT2D eigenvalue weighted by Gasteiger charge is 2.21. The number of benzene rings is 2. The molecule has 0 aliphatic rings. The molecule has 1 atom stereocenters. The van der Waals surface area contributed by atoms with Crippen LogP contribution in [0.2, 0.25) is 0 Å². The van der Waals surface area contributed by atoms with E-state index in [1.165, 1.54) is 12.3 Å². The van der Waals surface area contributed by atoms with Crippen molar-refractivity contribution in [2.75, 3.05) is 5.32 Å². The number of rotatable bonds is 5. The molecule has 1 aromatic heterocycles. The van der Waals surface area contributed by atoms with Crippen molar-refractivity contribution in [3.8, 4) is 0 Å². The molecule has 0 bridgehead atoms. The first-order chi connectivity index (χ1) is 12.7. The van der Waals surface area contributed by atoms with E-state index in [9.17, 15) is 18.0 Å². The van der Waals surface area contributed by atoms with Gasteiger partial charge in [-0.15, -0.1) is 11.3 Å². The van der Waals surface area contributed by atoms with Gasteiger partial charge in [0.2, 0.25) is 10.0 Å². The third kappa shape index (κ3) is 4.51. The van der Waals surface area contributed by atoms with E-state index in [0.717, 1.165) is 28.2 Å². The molecule has 0 fully saturated rings. The Morgan fingerprint density at radius 1 is 1.11 bits per heavy atom. The van der Waals surface area contributed by atoms with Crippen LogP contribution in [0.3, 0.4) is 0 Å². The van der Waals surface area contributed by atoms with Gasteiger partial charge >= 0.3 is 5.97 Å². The van der Waals surface area contributed by atoms with Gasteiger partial charge in [0.1, 0.15) is 4.21 Å². The predicted octanol–water partition coefficient (Wildman–Crippen LogP) is 2.73. The summed E-state index contributed by atoms with van der Waals surface area (Å²) in [6.45, 7) is 1.43. The van der Waals surface area contributed by atoms with Gasteiger partial charge in [-0.1, -0.05) is 30.3 Å². The first-order valence-electron chi connectivity index (χ1n) is 7.86. The first-order valence-corrected chi connectivity index (χ1v) is 10.3. The van der Waals surface area contributed by atoms with Gasteiger partial charge in [-0.2, -0.15) is 0 Å². The molecule has 27 heavy (non-hydrogen) atoms. The van der Waals surface area contributed by atoms with Crippen LogP contribution in [0.15, 0.2) is 58.1 Å². The molecule has 0 aliphatic carbocycles. The number of carbonyl (C=O) groups is 2. The molecule has 0 radical (unpaired) electrons. The quantitative estimate of drug-likeness (QED) is 0.635. The Labute approximate surface area is 159 Å². The van der Waals surface area contributed by atoms with Crippen LogP contribution in [-0.2, 0) is 19.6 Å². The number of primary sulfonamides is 1. The minimum atomic E-state index is -3.89. The summed E-state index contributed by atoms with van der Waals surface area (Å²) in [4.78, 5) is 24.4. The number of nitrogens with one attached hydrogen (secondary N) is 1. The molecule has 0 saturated carbocycles. The number of nitrogens with two attached hydrogens (primary N) is 1. The van der Waals surface area contributed by atoms with Gasteiger partial charge in [0.15, 0.2) is 6.10 Å². The molecular formula is C18H16N2O5S2. The van der Waals surface area contributed by atoms with Gasteiger partial charge in [0.05, 0.1) is 5.56 Å². The number of fused-ring (bicyclic) bond motifs is 1. The molecule has 3 aromatic rings. The summed E-state index contributed by atoms with van der Waals surface area (Å²) in [7, 11) is -3.89. The molecule has 0 aliphatic heterocycles. The summed E-state index contributed by atoms with van der Waals surface area (Å²) < 4.78 is 27.5. The smallest absolute Gasteiger partial charge is 0.339 e. The minimum Gasteiger partial charge on any atom is -0.449 e. The van der Waals surface area contributed by atoms with Crippen LogP contribution in [0.4, 0.5) is 5.69 Å². The van der Waals surface area contributed by atoms with Crippen molar-refractivity contribution in [1.82, 2.24) is 0 Å². The Bertz CT molecular complexity index is 1120. The zero-order valence-corrected chi connectivity index (χ0v) is 15.8. The van der Waals surface area contributed by atoms with Crippen molar-refractivity contribution in [3.05, 3.63) is 59.5 Å². The SMILES string of the molecule is C[C@H](OC(=O)c1csc(S(N)(=O)=O)c1)C(=O)Nc1ccc2ccccc2c1. The molecule has 7 nitrogen and oxygen atoms in total. The maximum absolute atomic E-state index is 12.3. The lowest BCUT2D eigenvalue weighted by Gasteiger charge is -2.13. The molecule has 140 valence electrons. The number of sulfonamides is 1. The molecular weight excluding hydrogens is 388 g/mol. The van der Waals surface area contributed by atoms with Crippen LogP contribution < -0.4 is 10.5 Å². The highest BCUT2D eigenvalue weighted by atomic mass is 32.2. The fourth-order valence-corrected chi connectivity index (χ4v) is 3.94. The lowest BCUT2D eigenvalue weighted by atomic mass is 10.1. The first kappa shape index (κ1) is 19.0. The van der Waals surface area contributed by atoms with Gasteiger partial charge in [-0.05, 0) is 35.9 Å². The van der Waals surface area contributed by atoms with Crippen molar-refractivity contribution in [2.24, 2.45) is 5.14 Å². The lowest BCUT2D eigenvalue weighted by molar-refractivity contribution is -0.123. The fraction of sp³-hybridized carbons (Fsp3) is 0.111. The second kappa shape index (κ2) is 7.47. The van der Waals surface area contributed by atoms with Crippen molar-refractivity contribution in [2.45, 2.75) is 17.2 Å². The zero-order valence-electron chi connectivity index (χ0n) is 14.2. The molecule has 0 spiro atoms. The van der Waals surface area contributed by atoms with Gasteiger partial charge in [0, 0.05) is 11.1 Å². The molecule has 3 rings (SSSR count). The van der Waals surface area contributed by atoms with E-state index in [0.29, 0.717) is 5.69 Å². The fourth-order valence-electron chi connectivity index (χ4n) is 2.37. The molecule has 1 heterocycles. The average molecular weight is 404 g/mol. The summed E-state index contributed by atoms with van der Waals surface area (Å²) in [5.41, 5.74) is 0.600. The maximum Gasteiger partial charge on any atom is 0.339 e. The van der Waals surface area contributed by atoms with Crippen LogP contribution in [0, 0.1) is 0 Å². The molecule has 2 aromatic carbocycles. The molecule has 1 amide bonds. The van der Waals surface area contributed by atoms with Crippen molar-refractivity contribution < 1.29 is 22.7 Å². The normalized spacial score (nSPS) is 12.5. The summed E-state index contributed by atoms with van der Waals surface area (Å²) in [6, 6.07) is 14.3. The Morgan fingerprint density at radius 2 is 1.81 bits per heavy atom. The number of hydrogen-bond donors (Lipinski definition) is 2. The van der Waals surface area contributed by atoms with E-state index in [1.54, 1.807) is 6.07 Å². The van der Waals surface area contributed by atoms with E-state index < -0.39 is 28.0 Å². The Balaban J connectivity index is 1.66. The second-order valence-corrected chi connectivity index (χ2v) is 8.50. The minimum absolute atomic E-state index is 0.0226. The molecule has 3 N–H and O–H groups in total. The third-order valence-corrected chi connectivity index (χ3v) is 6.15. The standard InChI is InChI=1S/C18H16N2O5S2/c1-11(25-18(22)14-9-16(26-10-14)27(19,23)24)17(21)20-15-7-6-12-4-2-3-5-13(12)8-15/h2-11H,1H3,(H,20,21)(H2,19,23,24)/t11-/m0/s1. The van der Waals surface area contributed by atoms with E-state index in [2.05, 4.69) is 5.32 Å². The molecule has 9 heteroatoms. The highest BCUT2D eigenvalue weighted by Crippen LogP contribution is 2.21. The Kier molecular flexibility index (Phi) is 5.26. The number of thiophene rings is 1. The highest BCUT2D eigenvalue weighted by molar-refractivity contribution is 7.91. The van der Waals surface area contributed by atoms with E-state index in [1.807, 2.05) is 36.4 Å². The van der Waals surface area contributed by atoms with Gasteiger partial charge in [-0.25, -0.2) is 18.4 Å². The summed E-state index contributed by atoms with van der Waals surface area (Å²) in [5.74, 6) is -1.30. The lowest BCUT2D eigenvalue weighted by Crippen LogP contribution is -2.29. The summed E-state index contributed by atoms with van der Waals surface area (Å²) in [5, 5.41) is 11.0. The van der Waals surface area contributed by atoms with E-state index >= 15 is 0 Å². The van der Waals surface area contributed by atoms with Crippen LogP contribution >= 0.6 is 11.3 Å². The van der Waals surface area contributed by atoms with E-state index in [-0.39, 0.29) is 9.77 Å². The van der Waals surface area contributed by atoms with Crippen molar-refractivity contribution >= 4 is 49.7 Å². The van der Waals surface area contributed by atoms with Gasteiger partial charge in [0.25, 0.3) is 5.91 Å². The number of ether oxygens (including phenoxy) is 1. The predicted molar refractivity (Wildman–Crippen MR) is 103 cm³/mol. The van der Waals surface area contributed by atoms with Crippen molar-refractivity contribution in [3.63, 3.8) is 0 Å². The number of esters is 1. The van der Waals surface area contributed by atoms with Crippen LogP contribution in [-0.4, -0.2) is 26.4 Å². The number of anilines is 1. The monoisotopic (exact) mass is 404 g/mol. The largest absolute Gasteiger partial charge is 0.449 e. The molecule has 0 unspecified atom stereocenters. The zero-order chi connectivity index (χ0) is 19.6. The van der Waals surface area contributed by atoms with Crippen LogP contribution in [0.25, 0.3) is 10.8 Å².